The normalized spacial score (nSPS) is 14.5. The van der Waals surface area contributed by atoms with Crippen LogP contribution in [0.3, 0.4) is 0 Å². The van der Waals surface area contributed by atoms with Crippen LogP contribution in [0.4, 0.5) is 24.8 Å². The predicted molar refractivity (Wildman–Crippen MR) is 152 cm³/mol. The van der Waals surface area contributed by atoms with Crippen LogP contribution in [-0.4, -0.2) is 70.6 Å². The second-order valence-electron chi connectivity index (χ2n) is 10.0. The molecule has 2 N–H and O–H groups in total. The molecular weight excluding hydrogens is 531 g/mol. The number of carbonyl (C=O) groups is 1. The molecule has 0 spiro atoms. The Balaban J connectivity index is 1.36. The highest BCUT2D eigenvalue weighted by atomic mass is 19.4. The zero-order chi connectivity index (χ0) is 29.1. The van der Waals surface area contributed by atoms with Gasteiger partial charge in [0.25, 0.3) is 5.91 Å². The molecule has 1 aliphatic rings. The number of anilines is 2. The Hall–Kier alpha value is -4.40. The van der Waals surface area contributed by atoms with Gasteiger partial charge in [-0.15, -0.1) is 5.10 Å². The van der Waals surface area contributed by atoms with Crippen LogP contribution in [0.5, 0.6) is 0 Å². The minimum Gasteiger partial charge on any atom is -0.356 e. The number of benzene rings is 2. The lowest BCUT2D eigenvalue weighted by atomic mass is 10.0. The first-order valence-electron chi connectivity index (χ1n) is 13.2. The van der Waals surface area contributed by atoms with Gasteiger partial charge in [-0.3, -0.25) is 9.69 Å². The number of rotatable bonds is 5. The van der Waals surface area contributed by atoms with E-state index in [1.54, 1.807) is 29.8 Å². The number of nitrogens with zero attached hydrogens (tertiary/aromatic N) is 5. The first kappa shape index (κ1) is 28.1. The van der Waals surface area contributed by atoms with Gasteiger partial charge in [-0.05, 0) is 67.4 Å². The summed E-state index contributed by atoms with van der Waals surface area (Å²) in [5.74, 6) is 6.12. The number of hydrogen-bond acceptors (Lipinski definition) is 6. The van der Waals surface area contributed by atoms with Gasteiger partial charge in [0.1, 0.15) is 5.69 Å². The number of halogens is 3. The van der Waals surface area contributed by atoms with E-state index in [4.69, 9.17) is 0 Å². The maximum absolute atomic E-state index is 14.0. The average molecular weight is 562 g/mol. The third-order valence-electron chi connectivity index (χ3n) is 7.07. The van der Waals surface area contributed by atoms with E-state index in [2.05, 4.69) is 37.5 Å². The third-order valence-corrected chi connectivity index (χ3v) is 7.07. The molecule has 0 unspecified atom stereocenters. The van der Waals surface area contributed by atoms with Gasteiger partial charge in [0.15, 0.2) is 5.65 Å². The van der Waals surface area contributed by atoms with Gasteiger partial charge >= 0.3 is 6.18 Å². The monoisotopic (exact) mass is 561 g/mol. The lowest BCUT2D eigenvalue weighted by Gasteiger charge is -2.33. The quantitative estimate of drug-likeness (QED) is 0.350. The van der Waals surface area contributed by atoms with E-state index in [1.165, 1.54) is 12.1 Å². The maximum Gasteiger partial charge on any atom is 0.416 e. The summed E-state index contributed by atoms with van der Waals surface area (Å²) in [5, 5.41) is 9.89. The lowest BCUT2D eigenvalue weighted by Crippen LogP contribution is -2.44. The van der Waals surface area contributed by atoms with Crippen LogP contribution < -0.4 is 10.6 Å². The number of piperazine rings is 1. The Morgan fingerprint density at radius 3 is 2.54 bits per heavy atom. The fourth-order valence-corrected chi connectivity index (χ4v) is 4.64. The van der Waals surface area contributed by atoms with E-state index in [0.717, 1.165) is 24.7 Å². The van der Waals surface area contributed by atoms with Gasteiger partial charge in [0.2, 0.25) is 5.95 Å². The van der Waals surface area contributed by atoms with Gasteiger partial charge in [0, 0.05) is 56.6 Å². The number of carbonyl (C=O) groups excluding carboxylic acids is 1. The molecule has 3 heterocycles. The zero-order valence-electron chi connectivity index (χ0n) is 23.0. The SMILES string of the molecule is CNc1nc2cccc(C#Cc3cc(C(=O)Nc4ccc(CN5CCN(C)CC5)c(C(F)(F)F)c4)ccc3C)n2n1. The topological polar surface area (TPSA) is 77.8 Å². The van der Waals surface area contributed by atoms with Crippen molar-refractivity contribution < 1.29 is 18.0 Å². The fourth-order valence-electron chi connectivity index (χ4n) is 4.64. The Bertz CT molecular complexity index is 1640. The van der Waals surface area contributed by atoms with E-state index >= 15 is 0 Å². The van der Waals surface area contributed by atoms with Crippen molar-refractivity contribution in [2.24, 2.45) is 0 Å². The molecule has 8 nitrogen and oxygen atoms in total. The summed E-state index contributed by atoms with van der Waals surface area (Å²) >= 11 is 0. The van der Waals surface area contributed by atoms with Crippen molar-refractivity contribution in [1.82, 2.24) is 24.4 Å². The number of amides is 1. The Kier molecular flexibility index (Phi) is 7.97. The van der Waals surface area contributed by atoms with Crippen LogP contribution in [0, 0.1) is 18.8 Å². The number of fused-ring (bicyclic) bond motifs is 1. The minimum atomic E-state index is -4.55. The molecule has 41 heavy (non-hydrogen) atoms. The Morgan fingerprint density at radius 2 is 1.80 bits per heavy atom. The van der Waals surface area contributed by atoms with E-state index in [-0.39, 0.29) is 23.4 Å². The number of aromatic nitrogens is 3. The molecule has 2 aromatic carbocycles. The van der Waals surface area contributed by atoms with Gasteiger partial charge in [-0.25, -0.2) is 4.52 Å². The summed E-state index contributed by atoms with van der Waals surface area (Å²) < 4.78 is 43.6. The summed E-state index contributed by atoms with van der Waals surface area (Å²) in [6.45, 7) is 5.11. The van der Waals surface area contributed by atoms with E-state index in [0.29, 0.717) is 35.9 Å². The van der Waals surface area contributed by atoms with Crippen molar-refractivity contribution in [2.45, 2.75) is 19.6 Å². The highest BCUT2D eigenvalue weighted by molar-refractivity contribution is 6.04. The molecule has 11 heteroatoms. The highest BCUT2D eigenvalue weighted by Crippen LogP contribution is 2.34. The zero-order valence-corrected chi connectivity index (χ0v) is 23.0. The molecule has 1 fully saturated rings. The van der Waals surface area contributed by atoms with E-state index in [9.17, 15) is 18.0 Å². The van der Waals surface area contributed by atoms with Gasteiger partial charge in [-0.2, -0.15) is 18.2 Å². The number of pyridine rings is 1. The Morgan fingerprint density at radius 1 is 1.02 bits per heavy atom. The number of likely N-dealkylation sites (N-methyl/N-ethyl adjacent to an activating group) is 1. The van der Waals surface area contributed by atoms with Crippen LogP contribution in [0.15, 0.2) is 54.6 Å². The number of alkyl halides is 3. The van der Waals surface area contributed by atoms with Crippen molar-refractivity contribution in [3.05, 3.63) is 88.1 Å². The molecule has 212 valence electrons. The van der Waals surface area contributed by atoms with Gasteiger partial charge in [0.05, 0.1) is 5.56 Å². The van der Waals surface area contributed by atoms with Crippen molar-refractivity contribution >= 4 is 23.2 Å². The summed E-state index contributed by atoms with van der Waals surface area (Å²) in [5.41, 5.74) is 2.53. The smallest absolute Gasteiger partial charge is 0.356 e. The van der Waals surface area contributed by atoms with Crippen LogP contribution in [0.2, 0.25) is 0 Å². The molecule has 4 aromatic rings. The molecule has 0 bridgehead atoms. The summed E-state index contributed by atoms with van der Waals surface area (Å²) in [7, 11) is 3.73. The van der Waals surface area contributed by atoms with Gasteiger partial charge in [-0.1, -0.05) is 24.1 Å². The van der Waals surface area contributed by atoms with Crippen molar-refractivity contribution in [3.63, 3.8) is 0 Å². The lowest BCUT2D eigenvalue weighted by molar-refractivity contribution is -0.138. The fraction of sp³-hybridized carbons (Fsp3) is 0.300. The second-order valence-corrected chi connectivity index (χ2v) is 10.0. The predicted octanol–water partition coefficient (Wildman–Crippen LogP) is 4.50. The largest absolute Gasteiger partial charge is 0.416 e. The standard InChI is InChI=1S/C30H30F3N7O/c1-20-7-8-22(17-21(20)10-12-25-5-4-6-27-36-29(34-2)37-40(25)27)28(41)35-24-11-9-23(26(18-24)30(31,32)33)19-39-15-13-38(3)14-16-39/h4-9,11,17-18H,13-16,19H2,1-3H3,(H,34,37)(H,35,41). The van der Waals surface area contributed by atoms with Gasteiger partial charge < -0.3 is 15.5 Å². The van der Waals surface area contributed by atoms with Crippen LogP contribution in [-0.2, 0) is 12.7 Å². The van der Waals surface area contributed by atoms with Crippen LogP contribution >= 0.6 is 0 Å². The first-order valence-corrected chi connectivity index (χ1v) is 13.2. The minimum absolute atomic E-state index is 0.0795. The van der Waals surface area contributed by atoms with Crippen LogP contribution in [0.25, 0.3) is 5.65 Å². The van der Waals surface area contributed by atoms with Crippen molar-refractivity contribution in [3.8, 4) is 11.8 Å². The molecule has 0 saturated carbocycles. The highest BCUT2D eigenvalue weighted by Gasteiger charge is 2.34. The molecule has 1 aliphatic heterocycles. The average Bonchev–Trinajstić information content (AvgIpc) is 3.38. The van der Waals surface area contributed by atoms with E-state index in [1.807, 2.05) is 37.1 Å². The Labute approximate surface area is 236 Å². The maximum atomic E-state index is 14.0. The summed E-state index contributed by atoms with van der Waals surface area (Å²) in [6.07, 6.45) is -4.55. The number of hydrogen-bond donors (Lipinski definition) is 2. The molecule has 1 saturated heterocycles. The molecule has 2 aromatic heterocycles. The molecule has 1 amide bonds. The molecule has 0 radical (unpaired) electrons. The van der Waals surface area contributed by atoms with Crippen molar-refractivity contribution in [1.29, 1.82) is 0 Å². The van der Waals surface area contributed by atoms with Crippen molar-refractivity contribution in [2.75, 3.05) is 50.9 Å². The van der Waals surface area contributed by atoms with Crippen LogP contribution in [0.1, 0.15) is 38.3 Å². The summed E-state index contributed by atoms with van der Waals surface area (Å²) in [4.78, 5) is 21.6. The number of nitrogens with one attached hydrogen (secondary N) is 2. The molecule has 5 rings (SSSR count). The molecular formula is C30H30F3N7O. The second kappa shape index (κ2) is 11.6. The van der Waals surface area contributed by atoms with E-state index < -0.39 is 17.6 Å². The number of aryl methyl sites for hydroxylation is 1. The summed E-state index contributed by atoms with van der Waals surface area (Å²) in [6, 6.07) is 14.5. The molecule has 0 atom stereocenters. The molecule has 0 aliphatic carbocycles. The first-order chi connectivity index (χ1) is 19.6. The third kappa shape index (κ3) is 6.51.